The van der Waals surface area contributed by atoms with E-state index in [1.807, 2.05) is 14.1 Å². The van der Waals surface area contributed by atoms with Crippen LogP contribution in [0.4, 0.5) is 0 Å². The summed E-state index contributed by atoms with van der Waals surface area (Å²) in [5.41, 5.74) is 0. The molecule has 1 radical (unpaired) electrons. The van der Waals surface area contributed by atoms with Gasteiger partial charge in [-0.3, -0.25) is 9.69 Å². The van der Waals surface area contributed by atoms with Gasteiger partial charge in [0.05, 0.1) is 0 Å². The lowest BCUT2D eigenvalue weighted by Crippen LogP contribution is -2.33. The molecule has 59 valence electrons. The first-order chi connectivity index (χ1) is 4.59. The molecule has 1 unspecified atom stereocenters. The molecular weight excluding hydrogens is 130 g/mol. The van der Waals surface area contributed by atoms with E-state index in [0.717, 1.165) is 0 Å². The molecule has 0 spiro atoms. The molecule has 0 bridgehead atoms. The van der Waals surface area contributed by atoms with E-state index in [2.05, 4.69) is 4.74 Å². The van der Waals surface area contributed by atoms with Gasteiger partial charge in [0.15, 0.2) is 0 Å². The lowest BCUT2D eigenvalue weighted by molar-refractivity contribution is -0.144. The average Bonchev–Trinajstić information content (AvgIpc) is 1.87. The van der Waals surface area contributed by atoms with Crippen LogP contribution in [0.25, 0.3) is 0 Å². The van der Waals surface area contributed by atoms with Crippen molar-refractivity contribution >= 4 is 5.97 Å². The maximum Gasteiger partial charge on any atom is 0.323 e. The van der Waals surface area contributed by atoms with Gasteiger partial charge in [-0.15, -0.1) is 0 Å². The van der Waals surface area contributed by atoms with Gasteiger partial charge in [0, 0.05) is 0 Å². The molecule has 0 fully saturated rings. The molecule has 0 saturated heterocycles. The number of ether oxygens (including phenoxy) is 1. The molecule has 3 heteroatoms. The standard InChI is InChI=1S/C7H14NO2/c1-5-10-7(9)6(2)8(3)4/h5-6H,1-4H3. The highest BCUT2D eigenvalue weighted by atomic mass is 16.5. The average molecular weight is 144 g/mol. The minimum absolute atomic E-state index is 0.170. The summed E-state index contributed by atoms with van der Waals surface area (Å²) in [4.78, 5) is 12.7. The van der Waals surface area contributed by atoms with Crippen molar-refractivity contribution in [2.75, 3.05) is 14.1 Å². The lowest BCUT2D eigenvalue weighted by atomic mass is 10.3. The molecule has 0 aromatic rings. The molecule has 10 heavy (non-hydrogen) atoms. The summed E-state index contributed by atoms with van der Waals surface area (Å²) in [5.74, 6) is -0.215. The number of nitrogens with zero attached hydrogens (tertiary/aromatic N) is 1. The topological polar surface area (TPSA) is 29.5 Å². The van der Waals surface area contributed by atoms with Crippen LogP contribution in [0.1, 0.15) is 13.8 Å². The van der Waals surface area contributed by atoms with Crippen LogP contribution in [0, 0.1) is 6.61 Å². The molecule has 0 aromatic carbocycles. The third-order valence-corrected chi connectivity index (χ3v) is 1.35. The molecule has 3 nitrogen and oxygen atoms in total. The molecule has 0 heterocycles. The predicted octanol–water partition coefficient (Wildman–Crippen LogP) is 0.661. The van der Waals surface area contributed by atoms with Crippen molar-refractivity contribution in [2.24, 2.45) is 0 Å². The van der Waals surface area contributed by atoms with Crippen LogP contribution in [0.2, 0.25) is 0 Å². The molecule has 0 rings (SSSR count). The van der Waals surface area contributed by atoms with Crippen molar-refractivity contribution in [2.45, 2.75) is 19.9 Å². The number of hydrogen-bond donors (Lipinski definition) is 0. The Labute approximate surface area is 62.0 Å². The van der Waals surface area contributed by atoms with E-state index in [9.17, 15) is 4.79 Å². The van der Waals surface area contributed by atoms with Crippen LogP contribution in [-0.2, 0) is 9.53 Å². The summed E-state index contributed by atoms with van der Waals surface area (Å²) in [7, 11) is 3.67. The van der Waals surface area contributed by atoms with Gasteiger partial charge in [-0.1, -0.05) is 0 Å². The number of carbonyl (C=O) groups excluding carboxylic acids is 1. The molecule has 0 aromatic heterocycles. The number of hydrogen-bond acceptors (Lipinski definition) is 3. The Hall–Kier alpha value is -0.570. The summed E-state index contributed by atoms with van der Waals surface area (Å²) in [5, 5.41) is 0. The molecule has 0 saturated carbocycles. The Morgan fingerprint density at radius 2 is 2.10 bits per heavy atom. The highest BCUT2D eigenvalue weighted by Gasteiger charge is 2.14. The predicted molar refractivity (Wildman–Crippen MR) is 39.2 cm³/mol. The Morgan fingerprint density at radius 3 is 2.40 bits per heavy atom. The van der Waals surface area contributed by atoms with E-state index in [1.165, 1.54) is 6.61 Å². The van der Waals surface area contributed by atoms with E-state index in [1.54, 1.807) is 18.7 Å². The smallest absolute Gasteiger partial charge is 0.323 e. The van der Waals surface area contributed by atoms with Crippen molar-refractivity contribution < 1.29 is 9.53 Å². The fourth-order valence-corrected chi connectivity index (χ4v) is 0.425. The Bertz CT molecular complexity index is 112. The number of esters is 1. The SMILES string of the molecule is C[CH]OC(=O)C(C)N(C)C. The Kier molecular flexibility index (Phi) is 4.03. The molecule has 0 N–H and O–H groups in total. The van der Waals surface area contributed by atoms with Crippen molar-refractivity contribution in [3.05, 3.63) is 6.61 Å². The second-order valence-corrected chi connectivity index (χ2v) is 2.31. The molecule has 0 aliphatic heterocycles. The summed E-state index contributed by atoms with van der Waals surface area (Å²) < 4.78 is 4.66. The van der Waals surface area contributed by atoms with Crippen molar-refractivity contribution in [1.29, 1.82) is 0 Å². The van der Waals surface area contributed by atoms with Gasteiger partial charge in [0.2, 0.25) is 0 Å². The van der Waals surface area contributed by atoms with Gasteiger partial charge < -0.3 is 4.74 Å². The van der Waals surface area contributed by atoms with Crippen LogP contribution in [0.3, 0.4) is 0 Å². The molecule has 0 aliphatic carbocycles. The summed E-state index contributed by atoms with van der Waals surface area (Å²) in [6.45, 7) is 4.87. The third-order valence-electron chi connectivity index (χ3n) is 1.35. The second kappa shape index (κ2) is 4.28. The second-order valence-electron chi connectivity index (χ2n) is 2.31. The van der Waals surface area contributed by atoms with Gasteiger partial charge >= 0.3 is 5.97 Å². The fourth-order valence-electron chi connectivity index (χ4n) is 0.425. The van der Waals surface area contributed by atoms with E-state index in [4.69, 9.17) is 0 Å². The zero-order valence-corrected chi connectivity index (χ0v) is 6.92. The maximum absolute atomic E-state index is 10.9. The summed E-state index contributed by atoms with van der Waals surface area (Å²) in [6.07, 6.45) is 0. The monoisotopic (exact) mass is 144 g/mol. The number of carbonyl (C=O) groups is 1. The first-order valence-corrected chi connectivity index (χ1v) is 3.24. The van der Waals surface area contributed by atoms with Crippen molar-refractivity contribution in [1.82, 2.24) is 4.90 Å². The largest absolute Gasteiger partial charge is 0.458 e. The van der Waals surface area contributed by atoms with Crippen LogP contribution in [0.15, 0.2) is 0 Å². The van der Waals surface area contributed by atoms with E-state index in [0.29, 0.717) is 0 Å². The van der Waals surface area contributed by atoms with E-state index < -0.39 is 0 Å². The van der Waals surface area contributed by atoms with Gasteiger partial charge in [0.1, 0.15) is 12.6 Å². The van der Waals surface area contributed by atoms with Crippen LogP contribution < -0.4 is 0 Å². The van der Waals surface area contributed by atoms with Crippen LogP contribution in [0.5, 0.6) is 0 Å². The Morgan fingerprint density at radius 1 is 1.60 bits per heavy atom. The highest BCUT2D eigenvalue weighted by Crippen LogP contribution is 1.95. The van der Waals surface area contributed by atoms with E-state index in [-0.39, 0.29) is 12.0 Å². The van der Waals surface area contributed by atoms with Crippen LogP contribution in [-0.4, -0.2) is 31.0 Å². The lowest BCUT2D eigenvalue weighted by Gasteiger charge is -2.16. The minimum atomic E-state index is -0.215. The zero-order valence-electron chi connectivity index (χ0n) is 6.92. The van der Waals surface area contributed by atoms with Gasteiger partial charge in [0.25, 0.3) is 0 Å². The number of rotatable bonds is 3. The molecule has 0 aliphatic rings. The minimum Gasteiger partial charge on any atom is -0.458 e. The number of likely N-dealkylation sites (N-methyl/N-ethyl adjacent to an activating group) is 1. The molecule has 1 atom stereocenters. The first kappa shape index (κ1) is 9.43. The van der Waals surface area contributed by atoms with Crippen molar-refractivity contribution in [3.63, 3.8) is 0 Å². The maximum atomic E-state index is 10.9. The van der Waals surface area contributed by atoms with Crippen LogP contribution >= 0.6 is 0 Å². The highest BCUT2D eigenvalue weighted by molar-refractivity contribution is 5.75. The van der Waals surface area contributed by atoms with E-state index >= 15 is 0 Å². The van der Waals surface area contributed by atoms with Crippen molar-refractivity contribution in [3.8, 4) is 0 Å². The zero-order chi connectivity index (χ0) is 8.15. The van der Waals surface area contributed by atoms with Gasteiger partial charge in [-0.05, 0) is 27.9 Å². The Balaban J connectivity index is 3.71. The molecule has 0 amide bonds. The normalized spacial score (nSPS) is 13.3. The molecular formula is C7H14NO2. The van der Waals surface area contributed by atoms with Gasteiger partial charge in [-0.2, -0.15) is 0 Å². The summed E-state index contributed by atoms with van der Waals surface area (Å²) in [6, 6.07) is -0.170. The fraction of sp³-hybridized carbons (Fsp3) is 0.714. The quantitative estimate of drug-likeness (QED) is 0.545. The summed E-state index contributed by atoms with van der Waals surface area (Å²) >= 11 is 0. The van der Waals surface area contributed by atoms with Gasteiger partial charge in [-0.25, -0.2) is 0 Å². The third kappa shape index (κ3) is 2.82. The first-order valence-electron chi connectivity index (χ1n) is 3.24.